The normalized spacial score (nSPS) is 12.2. The molecule has 0 fully saturated rings. The summed E-state index contributed by atoms with van der Waals surface area (Å²) in [5.74, 6) is -1.20. The number of ketones is 1. The number of rotatable bonds is 6. The molecule has 5 heteroatoms. The second-order valence-electron chi connectivity index (χ2n) is 2.63. The number of Topliss-reactive ketones (excluding diaryl/α,β-unsaturated/α-hetero) is 1. The third-order valence-corrected chi connectivity index (χ3v) is 1.59. The summed E-state index contributed by atoms with van der Waals surface area (Å²) in [6.07, 6.45) is 0.469. The first-order valence-electron chi connectivity index (χ1n) is 4.20. The van der Waals surface area contributed by atoms with Gasteiger partial charge >= 0.3 is 0 Å². The Bertz CT molecular complexity index is 182. The summed E-state index contributed by atoms with van der Waals surface area (Å²) < 4.78 is 4.70. The largest absolute Gasteiger partial charge is 0.383 e. The van der Waals surface area contributed by atoms with Gasteiger partial charge in [-0.25, -0.2) is 0 Å². The Balaban J connectivity index is 3.76. The molecule has 5 nitrogen and oxygen atoms in total. The van der Waals surface area contributed by atoms with Gasteiger partial charge in [-0.15, -0.1) is 0 Å². The number of hydrogen-bond acceptors (Lipinski definition) is 4. The highest BCUT2D eigenvalue weighted by atomic mass is 16.5. The summed E-state index contributed by atoms with van der Waals surface area (Å²) in [5.41, 5.74) is 5.38. The summed E-state index contributed by atoms with van der Waals surface area (Å²) in [7, 11) is 1.52. The van der Waals surface area contributed by atoms with Crippen molar-refractivity contribution in [1.82, 2.24) is 5.32 Å². The quantitative estimate of drug-likeness (QED) is 0.416. The smallest absolute Gasteiger partial charge is 0.289 e. The van der Waals surface area contributed by atoms with Gasteiger partial charge in [0.05, 0.1) is 12.6 Å². The molecule has 0 aliphatic heterocycles. The zero-order valence-corrected chi connectivity index (χ0v) is 8.00. The molecule has 0 aliphatic carbocycles. The van der Waals surface area contributed by atoms with E-state index in [4.69, 9.17) is 10.5 Å². The lowest BCUT2D eigenvalue weighted by Crippen LogP contribution is -2.43. The number of carbonyl (C=O) groups excluding carboxylic acids is 2. The number of nitrogens with one attached hydrogen (secondary N) is 1. The van der Waals surface area contributed by atoms with Crippen molar-refractivity contribution in [1.29, 1.82) is 0 Å². The lowest BCUT2D eigenvalue weighted by molar-refractivity contribution is -0.138. The molecule has 0 aromatic carbocycles. The average molecular weight is 188 g/mol. The molecule has 0 unspecified atom stereocenters. The number of amides is 1. The number of methoxy groups -OCH3 is 1. The average Bonchev–Trinajstić information content (AvgIpc) is 2.15. The van der Waals surface area contributed by atoms with E-state index in [0.29, 0.717) is 19.6 Å². The van der Waals surface area contributed by atoms with Crippen molar-refractivity contribution in [3.63, 3.8) is 0 Å². The maximum absolute atomic E-state index is 11.1. The number of nitrogens with two attached hydrogens (primary N) is 1. The molecule has 0 heterocycles. The molecule has 0 aromatic heterocycles. The van der Waals surface area contributed by atoms with Crippen LogP contribution in [-0.4, -0.2) is 38.0 Å². The fraction of sp³-hybridized carbons (Fsp3) is 0.750. The molecule has 0 rings (SSSR count). The molecule has 76 valence electrons. The van der Waals surface area contributed by atoms with Gasteiger partial charge in [0.15, 0.2) is 0 Å². The van der Waals surface area contributed by atoms with Crippen LogP contribution in [-0.2, 0) is 14.3 Å². The molecule has 13 heavy (non-hydrogen) atoms. The van der Waals surface area contributed by atoms with Crippen LogP contribution in [0.15, 0.2) is 0 Å². The van der Waals surface area contributed by atoms with Gasteiger partial charge < -0.3 is 15.8 Å². The van der Waals surface area contributed by atoms with Crippen molar-refractivity contribution in [2.24, 2.45) is 5.73 Å². The van der Waals surface area contributed by atoms with E-state index in [9.17, 15) is 9.59 Å². The minimum atomic E-state index is -0.692. The fourth-order valence-corrected chi connectivity index (χ4v) is 0.708. The first-order chi connectivity index (χ1) is 6.13. The van der Waals surface area contributed by atoms with Gasteiger partial charge in [-0.3, -0.25) is 9.59 Å². The van der Waals surface area contributed by atoms with Crippen LogP contribution in [0.4, 0.5) is 0 Å². The number of hydrogen-bond donors (Lipinski definition) is 2. The predicted octanol–water partition coefficient (Wildman–Crippen LogP) is -0.945. The minimum Gasteiger partial charge on any atom is -0.383 e. The number of ether oxygens (including phenoxy) is 1. The Labute approximate surface area is 77.6 Å². The maximum atomic E-state index is 11.1. The summed E-state index contributed by atoms with van der Waals surface area (Å²) in [6.45, 7) is 2.48. The van der Waals surface area contributed by atoms with Crippen LogP contribution in [0.1, 0.15) is 13.3 Å². The molecule has 0 saturated heterocycles. The van der Waals surface area contributed by atoms with Crippen molar-refractivity contribution < 1.29 is 14.3 Å². The molecule has 0 bridgehead atoms. The van der Waals surface area contributed by atoms with Crippen LogP contribution >= 0.6 is 0 Å². The Morgan fingerprint density at radius 1 is 1.54 bits per heavy atom. The van der Waals surface area contributed by atoms with Gasteiger partial charge in [0.25, 0.3) is 5.91 Å². The number of carbonyl (C=O) groups is 2. The van der Waals surface area contributed by atoms with Gasteiger partial charge in [0.1, 0.15) is 0 Å². The molecule has 0 radical (unpaired) electrons. The molecule has 3 N–H and O–H groups in total. The lowest BCUT2D eigenvalue weighted by atomic mass is 10.1. The molecule has 1 atom stereocenters. The van der Waals surface area contributed by atoms with Crippen LogP contribution in [0.5, 0.6) is 0 Å². The second-order valence-corrected chi connectivity index (χ2v) is 2.63. The standard InChI is InChI=1S/C8H16N2O3/c1-3-6(9)7(11)8(12)10-4-5-13-2/h6H,3-5,9H2,1-2H3,(H,10,12)/t6-/m0/s1. The van der Waals surface area contributed by atoms with E-state index in [1.54, 1.807) is 6.92 Å². The molecule has 1 amide bonds. The Morgan fingerprint density at radius 2 is 2.15 bits per heavy atom. The predicted molar refractivity (Wildman–Crippen MR) is 48.2 cm³/mol. The van der Waals surface area contributed by atoms with Crippen LogP contribution in [0.25, 0.3) is 0 Å². The van der Waals surface area contributed by atoms with E-state index in [1.165, 1.54) is 7.11 Å². The van der Waals surface area contributed by atoms with Gasteiger partial charge in [0, 0.05) is 13.7 Å². The first-order valence-corrected chi connectivity index (χ1v) is 4.20. The summed E-state index contributed by atoms with van der Waals surface area (Å²) in [5, 5.41) is 2.41. The van der Waals surface area contributed by atoms with E-state index in [0.717, 1.165) is 0 Å². The Morgan fingerprint density at radius 3 is 2.62 bits per heavy atom. The van der Waals surface area contributed by atoms with Crippen LogP contribution in [0.2, 0.25) is 0 Å². The monoisotopic (exact) mass is 188 g/mol. The first kappa shape index (κ1) is 12.1. The van der Waals surface area contributed by atoms with E-state index in [-0.39, 0.29) is 0 Å². The SMILES string of the molecule is CC[C@H](N)C(=O)C(=O)NCCOC. The minimum absolute atomic E-state index is 0.331. The van der Waals surface area contributed by atoms with Crippen molar-refractivity contribution in [2.75, 3.05) is 20.3 Å². The molecule has 0 aromatic rings. The van der Waals surface area contributed by atoms with Gasteiger partial charge in [-0.05, 0) is 6.42 Å². The molecular weight excluding hydrogens is 172 g/mol. The maximum Gasteiger partial charge on any atom is 0.289 e. The Kier molecular flexibility index (Phi) is 6.09. The highest BCUT2D eigenvalue weighted by molar-refractivity contribution is 6.38. The zero-order chi connectivity index (χ0) is 10.3. The summed E-state index contributed by atoms with van der Waals surface area (Å²) >= 11 is 0. The van der Waals surface area contributed by atoms with E-state index in [2.05, 4.69) is 5.32 Å². The molecular formula is C8H16N2O3. The fourth-order valence-electron chi connectivity index (χ4n) is 0.708. The van der Waals surface area contributed by atoms with Gasteiger partial charge in [0.2, 0.25) is 5.78 Å². The molecule has 0 spiro atoms. The van der Waals surface area contributed by atoms with Crippen LogP contribution in [0.3, 0.4) is 0 Å². The van der Waals surface area contributed by atoms with Crippen molar-refractivity contribution in [3.05, 3.63) is 0 Å². The lowest BCUT2D eigenvalue weighted by Gasteiger charge is -2.07. The van der Waals surface area contributed by atoms with Crippen molar-refractivity contribution in [2.45, 2.75) is 19.4 Å². The van der Waals surface area contributed by atoms with Crippen LogP contribution in [0, 0.1) is 0 Å². The van der Waals surface area contributed by atoms with Crippen LogP contribution < -0.4 is 11.1 Å². The topological polar surface area (TPSA) is 81.4 Å². The summed E-state index contributed by atoms with van der Waals surface area (Å²) in [4.78, 5) is 22.1. The highest BCUT2D eigenvalue weighted by Crippen LogP contribution is 1.88. The molecule has 0 aliphatic rings. The zero-order valence-electron chi connectivity index (χ0n) is 8.00. The Hall–Kier alpha value is -0.940. The third-order valence-electron chi connectivity index (χ3n) is 1.59. The third kappa shape index (κ3) is 4.59. The summed E-state index contributed by atoms with van der Waals surface area (Å²) in [6, 6.07) is -0.692. The second kappa shape index (κ2) is 6.56. The van der Waals surface area contributed by atoms with E-state index >= 15 is 0 Å². The molecule has 0 saturated carbocycles. The highest BCUT2D eigenvalue weighted by Gasteiger charge is 2.19. The van der Waals surface area contributed by atoms with E-state index in [1.807, 2.05) is 0 Å². The van der Waals surface area contributed by atoms with Crippen molar-refractivity contribution in [3.8, 4) is 0 Å². The van der Waals surface area contributed by atoms with Gasteiger partial charge in [-0.2, -0.15) is 0 Å². The van der Waals surface area contributed by atoms with Crippen molar-refractivity contribution >= 4 is 11.7 Å². The van der Waals surface area contributed by atoms with E-state index < -0.39 is 17.7 Å². The van der Waals surface area contributed by atoms with Gasteiger partial charge in [-0.1, -0.05) is 6.92 Å².